The summed E-state index contributed by atoms with van der Waals surface area (Å²) in [5.74, 6) is 0. The van der Waals surface area contributed by atoms with Gasteiger partial charge in [0, 0.05) is 0 Å². The van der Waals surface area contributed by atoms with E-state index in [1.54, 1.807) is 0 Å². The van der Waals surface area contributed by atoms with Gasteiger partial charge in [-0.15, -0.1) is 0 Å². The number of rotatable bonds is 26. The van der Waals surface area contributed by atoms with E-state index in [1.807, 2.05) is 77.9 Å². The summed E-state index contributed by atoms with van der Waals surface area (Å²) in [6.45, 7) is 18.2. The average Bonchev–Trinajstić information content (AvgIpc) is 3.02. The number of hydrogen-bond acceptors (Lipinski definition) is 11. The molecule has 45 heavy (non-hydrogen) atoms. The number of ether oxygens (including phenoxy) is 7. The first-order chi connectivity index (χ1) is 21.6. The highest BCUT2D eigenvalue weighted by Crippen LogP contribution is 2.27. The smallest absolute Gasteiger partial charge is 0.123 e. The molecule has 0 heterocycles. The summed E-state index contributed by atoms with van der Waals surface area (Å²) in [4.78, 5) is 9.12. The van der Waals surface area contributed by atoms with Crippen LogP contribution < -0.4 is 0 Å². The van der Waals surface area contributed by atoms with Crippen LogP contribution >= 0.6 is 0 Å². The standard InChI is InChI=1S/C34H54O11/c1-27-23-31(33(3,4)44-35)9-7-29(27)25-42-21-19-40-17-15-38-13-11-37-12-14-39-16-18-41-20-22-43-26-30-8-10-32(24-28(30)2)34(5,6)45-36/h7-10,23-24,35-36H,11-22,25-26H2,1-6H3. The Morgan fingerprint density at radius 1 is 0.444 bits per heavy atom. The SMILES string of the molecule is Cc1cc(C(C)(C)OO)ccc1COCCOCCOCCOCCOCCOCCOCc1ccc(C(C)(C)OO)cc1C. The molecule has 0 spiro atoms. The summed E-state index contributed by atoms with van der Waals surface area (Å²) in [5.41, 5.74) is 4.64. The van der Waals surface area contributed by atoms with Crippen LogP contribution in [0.2, 0.25) is 0 Å². The second-order valence-electron chi connectivity index (χ2n) is 11.7. The second kappa shape index (κ2) is 21.7. The van der Waals surface area contributed by atoms with Crippen LogP contribution in [0.4, 0.5) is 0 Å². The minimum atomic E-state index is -0.748. The van der Waals surface area contributed by atoms with E-state index >= 15 is 0 Å². The molecule has 0 atom stereocenters. The molecule has 0 aliphatic heterocycles. The van der Waals surface area contributed by atoms with E-state index in [-0.39, 0.29) is 0 Å². The molecule has 0 bridgehead atoms. The summed E-state index contributed by atoms with van der Waals surface area (Å²) >= 11 is 0. The molecule has 0 fully saturated rings. The zero-order chi connectivity index (χ0) is 33.0. The van der Waals surface area contributed by atoms with Gasteiger partial charge in [-0.1, -0.05) is 36.4 Å². The fraction of sp³-hybridized carbons (Fsp3) is 0.647. The van der Waals surface area contributed by atoms with E-state index in [4.69, 9.17) is 43.7 Å². The Morgan fingerprint density at radius 2 is 0.711 bits per heavy atom. The highest BCUT2D eigenvalue weighted by molar-refractivity contribution is 5.34. The van der Waals surface area contributed by atoms with Gasteiger partial charge in [0.15, 0.2) is 0 Å². The van der Waals surface area contributed by atoms with Crippen molar-refractivity contribution < 1.29 is 53.4 Å². The Hall–Kier alpha value is -2.00. The normalized spacial score (nSPS) is 12.3. The topological polar surface area (TPSA) is 124 Å². The van der Waals surface area contributed by atoms with E-state index in [9.17, 15) is 0 Å². The van der Waals surface area contributed by atoms with E-state index < -0.39 is 11.2 Å². The van der Waals surface area contributed by atoms with Crippen molar-refractivity contribution in [1.82, 2.24) is 0 Å². The van der Waals surface area contributed by atoms with Crippen molar-refractivity contribution in [3.05, 3.63) is 69.8 Å². The third-order valence-corrected chi connectivity index (χ3v) is 7.28. The van der Waals surface area contributed by atoms with E-state index in [0.29, 0.717) is 92.5 Å². The average molecular weight is 639 g/mol. The molecule has 0 saturated carbocycles. The van der Waals surface area contributed by atoms with Gasteiger partial charge in [-0.2, -0.15) is 0 Å². The van der Waals surface area contributed by atoms with Gasteiger partial charge in [0.05, 0.1) is 92.5 Å². The van der Waals surface area contributed by atoms with E-state index in [2.05, 4.69) is 9.78 Å². The summed E-state index contributed by atoms with van der Waals surface area (Å²) in [5, 5.41) is 18.1. The lowest BCUT2D eigenvalue weighted by molar-refractivity contribution is -0.318. The zero-order valence-electron chi connectivity index (χ0n) is 27.9. The summed E-state index contributed by atoms with van der Waals surface area (Å²) in [6.07, 6.45) is 0. The molecular formula is C34H54O11. The number of aryl methyl sites for hydroxylation is 2. The molecule has 2 N–H and O–H groups in total. The van der Waals surface area contributed by atoms with Crippen LogP contribution in [0.25, 0.3) is 0 Å². The molecular weight excluding hydrogens is 584 g/mol. The van der Waals surface area contributed by atoms with Crippen LogP contribution in [0.1, 0.15) is 61.1 Å². The number of benzene rings is 2. The molecule has 0 aliphatic carbocycles. The quantitative estimate of drug-likeness (QED) is 0.0764. The van der Waals surface area contributed by atoms with Gasteiger partial charge < -0.3 is 33.2 Å². The van der Waals surface area contributed by atoms with Gasteiger partial charge in [-0.25, -0.2) is 9.78 Å². The lowest BCUT2D eigenvalue weighted by Gasteiger charge is -2.22. The fourth-order valence-electron chi connectivity index (χ4n) is 4.15. The maximum atomic E-state index is 9.07. The summed E-state index contributed by atoms with van der Waals surface area (Å²) in [6, 6.07) is 11.8. The van der Waals surface area contributed by atoms with Gasteiger partial charge in [-0.05, 0) is 74.9 Å². The maximum Gasteiger partial charge on any atom is 0.123 e. The van der Waals surface area contributed by atoms with Crippen molar-refractivity contribution in [3.63, 3.8) is 0 Å². The molecule has 0 amide bonds. The first-order valence-corrected chi connectivity index (χ1v) is 15.5. The van der Waals surface area contributed by atoms with Crippen molar-refractivity contribution in [2.75, 3.05) is 79.3 Å². The molecule has 0 aliphatic rings. The van der Waals surface area contributed by atoms with Crippen LogP contribution in [-0.2, 0) is 67.3 Å². The maximum absolute atomic E-state index is 9.07. The molecule has 2 rings (SSSR count). The van der Waals surface area contributed by atoms with Crippen molar-refractivity contribution in [2.45, 2.75) is 66.0 Å². The molecule has 0 radical (unpaired) electrons. The Bertz CT molecular complexity index is 991. The Balaban J connectivity index is 1.32. The van der Waals surface area contributed by atoms with Crippen LogP contribution in [0, 0.1) is 13.8 Å². The summed E-state index contributed by atoms with van der Waals surface area (Å²) < 4.78 is 39.1. The molecule has 256 valence electrons. The molecule has 0 aromatic heterocycles. The van der Waals surface area contributed by atoms with Gasteiger partial charge in [0.2, 0.25) is 0 Å². The largest absolute Gasteiger partial charge is 0.377 e. The second-order valence-corrected chi connectivity index (χ2v) is 11.7. The highest BCUT2D eigenvalue weighted by atomic mass is 17.1. The minimum Gasteiger partial charge on any atom is -0.377 e. The predicted octanol–water partition coefficient (Wildman–Crippen LogP) is 5.57. The number of hydrogen-bond donors (Lipinski definition) is 2. The van der Waals surface area contributed by atoms with Crippen molar-refractivity contribution in [2.24, 2.45) is 0 Å². The third-order valence-electron chi connectivity index (χ3n) is 7.28. The van der Waals surface area contributed by atoms with Crippen molar-refractivity contribution in [3.8, 4) is 0 Å². The molecule has 0 unspecified atom stereocenters. The van der Waals surface area contributed by atoms with Crippen LogP contribution in [-0.4, -0.2) is 89.8 Å². The van der Waals surface area contributed by atoms with Crippen molar-refractivity contribution >= 4 is 0 Å². The van der Waals surface area contributed by atoms with Gasteiger partial charge in [0.1, 0.15) is 11.2 Å². The zero-order valence-corrected chi connectivity index (χ0v) is 27.9. The third kappa shape index (κ3) is 15.4. The Morgan fingerprint density at radius 3 is 0.956 bits per heavy atom. The van der Waals surface area contributed by atoms with Gasteiger partial charge in [0.25, 0.3) is 0 Å². The van der Waals surface area contributed by atoms with Crippen LogP contribution in [0.3, 0.4) is 0 Å². The molecule has 0 saturated heterocycles. The summed E-state index contributed by atoms with van der Waals surface area (Å²) in [7, 11) is 0. The van der Waals surface area contributed by atoms with Crippen LogP contribution in [0.5, 0.6) is 0 Å². The van der Waals surface area contributed by atoms with Gasteiger partial charge >= 0.3 is 0 Å². The minimum absolute atomic E-state index is 0.492. The Kier molecular flexibility index (Phi) is 18.9. The fourth-order valence-corrected chi connectivity index (χ4v) is 4.15. The predicted molar refractivity (Wildman–Crippen MR) is 169 cm³/mol. The molecule has 11 nitrogen and oxygen atoms in total. The van der Waals surface area contributed by atoms with Gasteiger partial charge in [-0.3, -0.25) is 10.5 Å². The first-order valence-electron chi connectivity index (χ1n) is 15.5. The lowest BCUT2D eigenvalue weighted by Crippen LogP contribution is -2.20. The highest BCUT2D eigenvalue weighted by Gasteiger charge is 2.23. The molecule has 2 aromatic carbocycles. The Labute approximate surface area is 268 Å². The van der Waals surface area contributed by atoms with E-state index in [1.165, 1.54) is 0 Å². The molecule has 11 heteroatoms. The first kappa shape index (κ1) is 39.2. The van der Waals surface area contributed by atoms with Crippen molar-refractivity contribution in [1.29, 1.82) is 0 Å². The van der Waals surface area contributed by atoms with Crippen LogP contribution in [0.15, 0.2) is 36.4 Å². The lowest BCUT2D eigenvalue weighted by atomic mass is 9.94. The monoisotopic (exact) mass is 638 g/mol. The van der Waals surface area contributed by atoms with E-state index in [0.717, 1.165) is 33.4 Å². The molecule has 2 aromatic rings.